The zero-order chi connectivity index (χ0) is 13.4. The molecule has 0 radical (unpaired) electrons. The fourth-order valence-electron chi connectivity index (χ4n) is 2.31. The quantitative estimate of drug-likeness (QED) is 0.839. The van der Waals surface area contributed by atoms with Crippen molar-refractivity contribution in [3.63, 3.8) is 0 Å². The third kappa shape index (κ3) is 2.44. The largest absolute Gasteiger partial charge is 0.480 e. The highest BCUT2D eigenvalue weighted by molar-refractivity contribution is 8.00. The summed E-state index contributed by atoms with van der Waals surface area (Å²) in [5.74, 6) is -0.198. The maximum absolute atomic E-state index is 12.3. The van der Waals surface area contributed by atoms with Gasteiger partial charge in [0, 0.05) is 5.75 Å². The summed E-state index contributed by atoms with van der Waals surface area (Å²) < 4.78 is 1.42. The fourth-order valence-corrected chi connectivity index (χ4v) is 3.96. The van der Waals surface area contributed by atoms with Gasteiger partial charge in [0.2, 0.25) is 5.91 Å². The average molecular weight is 282 g/mol. The van der Waals surface area contributed by atoms with Crippen molar-refractivity contribution in [2.75, 3.05) is 5.75 Å². The van der Waals surface area contributed by atoms with Crippen LogP contribution in [-0.4, -0.2) is 53.8 Å². The highest BCUT2D eigenvalue weighted by atomic mass is 32.2. The summed E-state index contributed by atoms with van der Waals surface area (Å²) in [5.41, 5.74) is 0. The molecule has 1 aromatic rings. The Morgan fingerprint density at radius 1 is 1.42 bits per heavy atom. The molecule has 0 bridgehead atoms. The molecule has 2 aliphatic rings. The van der Waals surface area contributed by atoms with Crippen molar-refractivity contribution >= 4 is 23.6 Å². The lowest BCUT2D eigenvalue weighted by atomic mass is 10.2. The van der Waals surface area contributed by atoms with E-state index in [0.29, 0.717) is 11.7 Å². The second-order valence-electron chi connectivity index (χ2n) is 4.81. The van der Waals surface area contributed by atoms with Crippen molar-refractivity contribution in [2.45, 2.75) is 30.8 Å². The maximum Gasteiger partial charge on any atom is 0.327 e. The molecule has 2 atom stereocenters. The van der Waals surface area contributed by atoms with Crippen LogP contribution in [0, 0.1) is 5.92 Å². The molecule has 2 fully saturated rings. The molecule has 1 saturated carbocycles. The van der Waals surface area contributed by atoms with Gasteiger partial charge in [-0.25, -0.2) is 14.5 Å². The van der Waals surface area contributed by atoms with Crippen LogP contribution in [0.2, 0.25) is 0 Å². The van der Waals surface area contributed by atoms with E-state index in [-0.39, 0.29) is 17.8 Å². The van der Waals surface area contributed by atoms with Crippen LogP contribution < -0.4 is 0 Å². The van der Waals surface area contributed by atoms with Crippen LogP contribution in [0.3, 0.4) is 0 Å². The maximum atomic E-state index is 12.3. The molecule has 2 heterocycles. The molecule has 3 rings (SSSR count). The molecule has 0 spiro atoms. The van der Waals surface area contributed by atoms with Gasteiger partial charge in [-0.2, -0.15) is 5.10 Å². The smallest absolute Gasteiger partial charge is 0.327 e. The molecule has 8 heteroatoms. The molecule has 2 unspecified atom stereocenters. The van der Waals surface area contributed by atoms with Crippen molar-refractivity contribution in [3.8, 4) is 0 Å². The van der Waals surface area contributed by atoms with Crippen LogP contribution in [0.4, 0.5) is 0 Å². The van der Waals surface area contributed by atoms with Gasteiger partial charge in [-0.15, -0.1) is 11.8 Å². The van der Waals surface area contributed by atoms with Crippen LogP contribution in [0.5, 0.6) is 0 Å². The number of thioether (sulfide) groups is 1. The van der Waals surface area contributed by atoms with E-state index in [1.165, 1.54) is 22.2 Å². The average Bonchev–Trinajstić information content (AvgIpc) is 2.91. The monoisotopic (exact) mass is 282 g/mol. The number of carbonyl (C=O) groups excluding carboxylic acids is 1. The van der Waals surface area contributed by atoms with E-state index in [2.05, 4.69) is 10.1 Å². The van der Waals surface area contributed by atoms with Crippen molar-refractivity contribution in [1.82, 2.24) is 19.7 Å². The fraction of sp³-hybridized carbons (Fsp3) is 0.636. The van der Waals surface area contributed by atoms with Crippen molar-refractivity contribution in [3.05, 3.63) is 12.7 Å². The molecule has 0 aromatic carbocycles. The molecular weight excluding hydrogens is 268 g/mol. The van der Waals surface area contributed by atoms with Crippen molar-refractivity contribution < 1.29 is 14.7 Å². The van der Waals surface area contributed by atoms with Crippen LogP contribution in [-0.2, 0) is 16.1 Å². The highest BCUT2D eigenvalue weighted by Crippen LogP contribution is 2.45. The lowest BCUT2D eigenvalue weighted by Crippen LogP contribution is -2.47. The lowest BCUT2D eigenvalue weighted by Gasteiger charge is -2.27. The SMILES string of the molecule is O=C(O)C1CSC(C2CC2)N1C(=O)Cn1cncn1. The Hall–Kier alpha value is -1.57. The number of carboxylic acids is 1. The molecular formula is C11H14N4O3S. The standard InChI is InChI=1S/C11H14N4O3S/c16-9(3-14-6-12-5-13-14)15-8(11(17)18)4-19-10(15)7-1-2-7/h5-8,10H,1-4H2,(H,17,18). The molecule has 1 aliphatic carbocycles. The Kier molecular flexibility index (Phi) is 3.17. The zero-order valence-electron chi connectivity index (χ0n) is 10.2. The normalized spacial score (nSPS) is 26.6. The number of carbonyl (C=O) groups is 2. The number of aliphatic carboxylic acids is 1. The number of hydrogen-bond donors (Lipinski definition) is 1. The molecule has 7 nitrogen and oxygen atoms in total. The topological polar surface area (TPSA) is 88.3 Å². The Bertz CT molecular complexity index is 488. The number of rotatable bonds is 4. The van der Waals surface area contributed by atoms with E-state index in [4.69, 9.17) is 0 Å². The van der Waals surface area contributed by atoms with E-state index in [1.54, 1.807) is 11.8 Å². The minimum atomic E-state index is -0.928. The first kappa shape index (κ1) is 12.5. The highest BCUT2D eigenvalue weighted by Gasteiger charge is 2.47. The number of amides is 1. The number of carboxylic acid groups (broad SMARTS) is 1. The molecule has 19 heavy (non-hydrogen) atoms. The first-order valence-electron chi connectivity index (χ1n) is 6.15. The first-order chi connectivity index (χ1) is 9.16. The van der Waals surface area contributed by atoms with Gasteiger partial charge in [-0.1, -0.05) is 0 Å². The Morgan fingerprint density at radius 2 is 2.21 bits per heavy atom. The van der Waals surface area contributed by atoms with E-state index in [1.807, 2.05) is 0 Å². The minimum absolute atomic E-state index is 0.0112. The second-order valence-corrected chi connectivity index (χ2v) is 5.96. The molecule has 1 N–H and O–H groups in total. The number of aromatic nitrogens is 3. The Balaban J connectivity index is 1.76. The van der Waals surface area contributed by atoms with Crippen LogP contribution >= 0.6 is 11.8 Å². The third-order valence-corrected chi connectivity index (χ3v) is 4.86. The summed E-state index contributed by atoms with van der Waals surface area (Å²) in [5, 5.41) is 13.1. The van der Waals surface area contributed by atoms with E-state index < -0.39 is 12.0 Å². The van der Waals surface area contributed by atoms with Gasteiger partial charge in [-0.3, -0.25) is 4.79 Å². The zero-order valence-corrected chi connectivity index (χ0v) is 11.0. The predicted molar refractivity (Wildman–Crippen MR) is 67.3 cm³/mol. The van der Waals surface area contributed by atoms with Gasteiger partial charge in [0.15, 0.2) is 0 Å². The van der Waals surface area contributed by atoms with Gasteiger partial charge in [0.25, 0.3) is 0 Å². The summed E-state index contributed by atoms with van der Waals surface area (Å²) in [6.45, 7) is 0.0492. The molecule has 102 valence electrons. The van der Waals surface area contributed by atoms with Crippen LogP contribution in [0.15, 0.2) is 12.7 Å². The molecule has 1 amide bonds. The van der Waals surface area contributed by atoms with Crippen molar-refractivity contribution in [1.29, 1.82) is 0 Å². The van der Waals surface area contributed by atoms with Crippen LogP contribution in [0.1, 0.15) is 12.8 Å². The summed E-state index contributed by atoms with van der Waals surface area (Å²) >= 11 is 1.58. The molecule has 1 aliphatic heterocycles. The van der Waals surface area contributed by atoms with E-state index >= 15 is 0 Å². The van der Waals surface area contributed by atoms with Gasteiger partial charge < -0.3 is 10.0 Å². The number of nitrogens with zero attached hydrogens (tertiary/aromatic N) is 4. The van der Waals surface area contributed by atoms with E-state index in [0.717, 1.165) is 12.8 Å². The summed E-state index contributed by atoms with van der Waals surface area (Å²) in [4.78, 5) is 28.9. The summed E-state index contributed by atoms with van der Waals surface area (Å²) in [6, 6.07) is -0.716. The Labute approximate surface area is 114 Å². The van der Waals surface area contributed by atoms with E-state index in [9.17, 15) is 14.7 Å². The molecule has 1 aromatic heterocycles. The van der Waals surface area contributed by atoms with Crippen molar-refractivity contribution in [2.24, 2.45) is 5.92 Å². The van der Waals surface area contributed by atoms with Gasteiger partial charge in [0.1, 0.15) is 25.2 Å². The first-order valence-corrected chi connectivity index (χ1v) is 7.19. The lowest BCUT2D eigenvalue weighted by molar-refractivity contribution is -0.149. The summed E-state index contributed by atoms with van der Waals surface area (Å²) in [6.07, 6.45) is 4.98. The predicted octanol–water partition coefficient (Wildman–Crippen LogP) is 0.0428. The number of hydrogen-bond acceptors (Lipinski definition) is 5. The second kappa shape index (κ2) is 4.84. The van der Waals surface area contributed by atoms with Crippen LogP contribution in [0.25, 0.3) is 0 Å². The third-order valence-electron chi connectivity index (χ3n) is 3.40. The Morgan fingerprint density at radius 3 is 2.79 bits per heavy atom. The van der Waals surface area contributed by atoms with Gasteiger partial charge in [0.05, 0.1) is 5.37 Å². The molecule has 1 saturated heterocycles. The van der Waals surface area contributed by atoms with Gasteiger partial charge >= 0.3 is 5.97 Å². The minimum Gasteiger partial charge on any atom is -0.480 e. The summed E-state index contributed by atoms with van der Waals surface area (Å²) in [7, 11) is 0. The van der Waals surface area contributed by atoms with Gasteiger partial charge in [-0.05, 0) is 18.8 Å².